The summed E-state index contributed by atoms with van der Waals surface area (Å²) >= 11 is 0. The van der Waals surface area contributed by atoms with Gasteiger partial charge in [0.05, 0.1) is 22.9 Å². The van der Waals surface area contributed by atoms with Crippen LogP contribution >= 0.6 is 0 Å². The zero-order valence-electron chi connectivity index (χ0n) is 22.2. The molecular weight excluding hydrogens is 450 g/mol. The summed E-state index contributed by atoms with van der Waals surface area (Å²) in [4.78, 5) is 42.3. The van der Waals surface area contributed by atoms with Crippen molar-refractivity contribution in [1.29, 1.82) is 0 Å². The van der Waals surface area contributed by atoms with Gasteiger partial charge in [-0.3, -0.25) is 19.3 Å². The SMILES string of the molecule is Cc1ccc(N2C(=O)[C@H]3[C@@H](C2=O)[C@]24C=C(C(C)C)[C@@H]3C[C@@H]2[C@]2(C)CCC[C@@](C)(C(=O)O)[C@@H]2CC4)cc1. The van der Waals surface area contributed by atoms with Crippen molar-refractivity contribution in [2.75, 3.05) is 4.90 Å². The van der Waals surface area contributed by atoms with E-state index < -0.39 is 11.4 Å². The fourth-order valence-electron chi connectivity index (χ4n) is 9.91. The quantitative estimate of drug-likeness (QED) is 0.417. The maximum atomic E-state index is 14.2. The number of allylic oxidation sites excluding steroid dienone is 2. The second-order valence-corrected chi connectivity index (χ2v) is 13.3. The smallest absolute Gasteiger partial charge is 0.309 e. The molecular formula is C31H39NO4. The molecule has 1 saturated heterocycles. The first-order valence-electron chi connectivity index (χ1n) is 13.9. The lowest BCUT2D eigenvalue weighted by molar-refractivity contribution is -0.194. The van der Waals surface area contributed by atoms with Gasteiger partial charge in [-0.1, -0.05) is 56.5 Å². The molecule has 1 N–H and O–H groups in total. The molecule has 5 heteroatoms. The van der Waals surface area contributed by atoms with Crippen LogP contribution in [-0.4, -0.2) is 22.9 Å². The first-order valence-corrected chi connectivity index (χ1v) is 13.9. The number of hydrogen-bond donors (Lipinski definition) is 1. The number of amides is 2. The third kappa shape index (κ3) is 2.80. The molecule has 1 aromatic carbocycles. The van der Waals surface area contributed by atoms with Gasteiger partial charge in [-0.15, -0.1) is 0 Å². The van der Waals surface area contributed by atoms with E-state index in [-0.39, 0.29) is 52.2 Å². The lowest BCUT2D eigenvalue weighted by Crippen LogP contribution is -2.65. The number of anilines is 1. The van der Waals surface area contributed by atoms with Gasteiger partial charge in [-0.25, -0.2) is 0 Å². The first kappa shape index (κ1) is 23.9. The minimum absolute atomic E-state index is 0.0331. The highest BCUT2D eigenvalue weighted by atomic mass is 16.4. The van der Waals surface area contributed by atoms with Gasteiger partial charge in [-0.2, -0.15) is 0 Å². The Morgan fingerprint density at radius 3 is 2.36 bits per heavy atom. The Kier molecular flexibility index (Phi) is 5.02. The van der Waals surface area contributed by atoms with Gasteiger partial charge in [-0.05, 0) is 87.2 Å². The number of carboxylic acids is 1. The van der Waals surface area contributed by atoms with Crippen molar-refractivity contribution in [3.63, 3.8) is 0 Å². The van der Waals surface area contributed by atoms with Crippen LogP contribution in [0.5, 0.6) is 0 Å². The van der Waals surface area contributed by atoms with Crippen molar-refractivity contribution < 1.29 is 19.5 Å². The zero-order chi connectivity index (χ0) is 25.8. The summed E-state index contributed by atoms with van der Waals surface area (Å²) in [5.74, 6) is -0.679. The Bertz CT molecular complexity index is 1180. The van der Waals surface area contributed by atoms with E-state index in [1.165, 1.54) is 10.5 Å². The summed E-state index contributed by atoms with van der Waals surface area (Å²) in [5.41, 5.74) is 1.89. The van der Waals surface area contributed by atoms with Crippen LogP contribution in [0.4, 0.5) is 5.69 Å². The van der Waals surface area contributed by atoms with Gasteiger partial charge in [0, 0.05) is 5.41 Å². The number of aryl methyl sites for hydroxylation is 1. The minimum atomic E-state index is -0.723. The normalized spacial score (nSPS) is 43.2. The highest BCUT2D eigenvalue weighted by Crippen LogP contribution is 2.74. The van der Waals surface area contributed by atoms with E-state index in [1.54, 1.807) is 0 Å². The molecule has 5 aliphatic carbocycles. The molecule has 1 spiro atoms. The number of aliphatic carboxylic acids is 1. The molecule has 192 valence electrons. The Morgan fingerprint density at radius 1 is 1.03 bits per heavy atom. The molecule has 1 heterocycles. The zero-order valence-corrected chi connectivity index (χ0v) is 22.2. The van der Waals surface area contributed by atoms with E-state index in [2.05, 4.69) is 26.8 Å². The van der Waals surface area contributed by atoms with Crippen molar-refractivity contribution in [2.24, 2.45) is 51.8 Å². The second-order valence-electron chi connectivity index (χ2n) is 13.3. The van der Waals surface area contributed by atoms with E-state index >= 15 is 0 Å². The second kappa shape index (κ2) is 7.55. The molecule has 5 nitrogen and oxygen atoms in total. The lowest BCUT2D eigenvalue weighted by Gasteiger charge is -2.68. The Labute approximate surface area is 214 Å². The van der Waals surface area contributed by atoms with E-state index in [0.29, 0.717) is 11.6 Å². The number of carbonyl (C=O) groups is 3. The third-order valence-corrected chi connectivity index (χ3v) is 11.5. The van der Waals surface area contributed by atoms with Crippen molar-refractivity contribution >= 4 is 23.5 Å². The number of benzene rings is 1. The summed E-state index contributed by atoms with van der Waals surface area (Å²) < 4.78 is 0. The molecule has 3 saturated carbocycles. The first-order chi connectivity index (χ1) is 17.0. The minimum Gasteiger partial charge on any atom is -0.481 e. The number of fused-ring (bicyclic) bond motifs is 1. The maximum absolute atomic E-state index is 14.2. The van der Waals surface area contributed by atoms with Crippen LogP contribution in [0.25, 0.3) is 0 Å². The van der Waals surface area contributed by atoms with Crippen molar-refractivity contribution in [1.82, 2.24) is 0 Å². The summed E-state index contributed by atoms with van der Waals surface area (Å²) in [6.45, 7) is 10.7. The van der Waals surface area contributed by atoms with Crippen molar-refractivity contribution in [2.45, 2.75) is 73.1 Å². The monoisotopic (exact) mass is 489 g/mol. The molecule has 36 heavy (non-hydrogen) atoms. The Hall–Kier alpha value is -2.43. The standard InChI is InChI=1S/C31H39NO4/c1-17(2)21-16-31-14-11-22-29(4,12-6-13-30(22,5)28(35)36)23(31)15-20(21)24-25(31)27(34)32(26(24)33)19-9-7-18(3)8-10-19/h7-10,16-17,20,22-25H,6,11-15H2,1-5H3,(H,35,36)/t20-,22+,23+,24+,25-,29+,30+,31+/m0/s1. The number of rotatable bonds is 3. The van der Waals surface area contributed by atoms with E-state index in [1.807, 2.05) is 38.1 Å². The molecule has 2 bridgehead atoms. The largest absolute Gasteiger partial charge is 0.481 e. The maximum Gasteiger partial charge on any atom is 0.309 e. The number of carbonyl (C=O) groups excluding carboxylic acids is 2. The molecule has 8 atom stereocenters. The summed E-state index contributed by atoms with van der Waals surface area (Å²) in [5, 5.41) is 10.3. The Morgan fingerprint density at radius 2 is 1.72 bits per heavy atom. The molecule has 6 aliphatic rings. The van der Waals surface area contributed by atoms with Crippen molar-refractivity contribution in [3.8, 4) is 0 Å². The lowest BCUT2D eigenvalue weighted by atomic mass is 9.34. The van der Waals surface area contributed by atoms with Crippen molar-refractivity contribution in [3.05, 3.63) is 41.5 Å². The number of imide groups is 1. The van der Waals surface area contributed by atoms with Crippen LogP contribution in [0, 0.1) is 58.7 Å². The molecule has 4 fully saturated rings. The summed E-state index contributed by atoms with van der Waals surface area (Å²) in [6, 6.07) is 7.72. The van der Waals surface area contributed by atoms with E-state index in [9.17, 15) is 19.5 Å². The molecule has 0 aromatic heterocycles. The van der Waals surface area contributed by atoms with Gasteiger partial charge < -0.3 is 5.11 Å². The van der Waals surface area contributed by atoms with Gasteiger partial charge in [0.1, 0.15) is 0 Å². The van der Waals surface area contributed by atoms with Crippen LogP contribution in [0.15, 0.2) is 35.9 Å². The number of hydrogen-bond acceptors (Lipinski definition) is 3. The van der Waals surface area contributed by atoms with Crippen LogP contribution < -0.4 is 4.90 Å². The van der Waals surface area contributed by atoms with Gasteiger partial charge in [0.15, 0.2) is 0 Å². The molecule has 1 aliphatic heterocycles. The fraction of sp³-hybridized carbons (Fsp3) is 0.645. The molecule has 1 aromatic rings. The fourth-order valence-corrected chi connectivity index (χ4v) is 9.91. The molecule has 0 unspecified atom stereocenters. The van der Waals surface area contributed by atoms with Crippen LogP contribution in [0.1, 0.15) is 71.8 Å². The molecule has 7 rings (SSSR count). The molecule has 0 radical (unpaired) electrons. The van der Waals surface area contributed by atoms with Crippen LogP contribution in [0.2, 0.25) is 0 Å². The van der Waals surface area contributed by atoms with Crippen LogP contribution in [0.3, 0.4) is 0 Å². The summed E-state index contributed by atoms with van der Waals surface area (Å²) in [6.07, 6.45) is 7.58. The van der Waals surface area contributed by atoms with Gasteiger partial charge in [0.25, 0.3) is 0 Å². The number of carboxylic acid groups (broad SMARTS) is 1. The highest BCUT2D eigenvalue weighted by molar-refractivity contribution is 6.23. The Balaban J connectivity index is 1.49. The highest BCUT2D eigenvalue weighted by Gasteiger charge is 2.73. The van der Waals surface area contributed by atoms with E-state index in [0.717, 1.165) is 44.1 Å². The van der Waals surface area contributed by atoms with Gasteiger partial charge in [0.2, 0.25) is 11.8 Å². The predicted molar refractivity (Wildman–Crippen MR) is 138 cm³/mol. The summed E-state index contributed by atoms with van der Waals surface area (Å²) in [7, 11) is 0. The number of nitrogens with zero attached hydrogens (tertiary/aromatic N) is 1. The van der Waals surface area contributed by atoms with E-state index in [4.69, 9.17) is 0 Å². The van der Waals surface area contributed by atoms with Gasteiger partial charge >= 0.3 is 5.97 Å². The van der Waals surface area contributed by atoms with Crippen LogP contribution in [-0.2, 0) is 14.4 Å². The predicted octanol–water partition coefficient (Wildman–Crippen LogP) is 6.01. The average molecular weight is 490 g/mol. The average Bonchev–Trinajstić information content (AvgIpc) is 3.11. The third-order valence-electron chi connectivity index (χ3n) is 11.5. The molecule has 2 amide bonds. The topological polar surface area (TPSA) is 74.7 Å².